The van der Waals surface area contributed by atoms with Crippen LogP contribution in [-0.2, 0) is 11.4 Å². The number of hydrogen-bond donors (Lipinski definition) is 1. The second-order valence-electron chi connectivity index (χ2n) is 3.71. The van der Waals surface area contributed by atoms with Crippen molar-refractivity contribution >= 4 is 0 Å². The number of benzene rings is 1. The van der Waals surface area contributed by atoms with Crippen molar-refractivity contribution < 1.29 is 9.57 Å². The van der Waals surface area contributed by atoms with Gasteiger partial charge in [-0.2, -0.15) is 0 Å². The predicted molar refractivity (Wildman–Crippen MR) is 53.6 cm³/mol. The van der Waals surface area contributed by atoms with Gasteiger partial charge in [-0.15, -0.1) is 0 Å². The van der Waals surface area contributed by atoms with Gasteiger partial charge in [-0.3, -0.25) is 4.84 Å². The number of nitrogens with two attached hydrogens (primary N) is 1. The summed E-state index contributed by atoms with van der Waals surface area (Å²) in [6, 6.07) is 7.84. The second kappa shape index (κ2) is 4.44. The second-order valence-corrected chi connectivity index (χ2v) is 3.71. The normalized spacial score (nSPS) is 15.5. The zero-order valence-electron chi connectivity index (χ0n) is 8.11. The summed E-state index contributed by atoms with van der Waals surface area (Å²) in [5, 5.41) is 0. The molecule has 0 aromatic heterocycles. The van der Waals surface area contributed by atoms with Crippen LogP contribution in [0.2, 0.25) is 0 Å². The molecule has 0 atom stereocenters. The fraction of sp³-hybridized carbons (Fsp3) is 0.455. The van der Waals surface area contributed by atoms with E-state index in [1.165, 1.54) is 12.8 Å². The average molecular weight is 193 g/mol. The number of rotatable bonds is 5. The molecule has 3 heteroatoms. The molecule has 1 fully saturated rings. The van der Waals surface area contributed by atoms with Crippen LogP contribution >= 0.6 is 0 Å². The molecule has 0 aliphatic heterocycles. The van der Waals surface area contributed by atoms with Crippen molar-refractivity contribution in [3.05, 3.63) is 29.8 Å². The Labute approximate surface area is 83.8 Å². The first-order valence-corrected chi connectivity index (χ1v) is 4.92. The molecule has 1 aromatic carbocycles. The Balaban J connectivity index is 1.84. The third kappa shape index (κ3) is 2.72. The summed E-state index contributed by atoms with van der Waals surface area (Å²) < 4.78 is 5.59. The van der Waals surface area contributed by atoms with Crippen LogP contribution in [0.25, 0.3) is 0 Å². The summed E-state index contributed by atoms with van der Waals surface area (Å²) >= 11 is 0. The molecule has 3 nitrogen and oxygen atoms in total. The minimum atomic E-state index is 0.447. The van der Waals surface area contributed by atoms with Crippen molar-refractivity contribution in [1.82, 2.24) is 0 Å². The zero-order chi connectivity index (χ0) is 9.80. The van der Waals surface area contributed by atoms with E-state index in [2.05, 4.69) is 4.84 Å². The zero-order valence-corrected chi connectivity index (χ0v) is 8.11. The van der Waals surface area contributed by atoms with Gasteiger partial charge in [0, 0.05) is 0 Å². The van der Waals surface area contributed by atoms with Crippen LogP contribution in [-0.4, -0.2) is 6.61 Å². The van der Waals surface area contributed by atoms with Gasteiger partial charge in [-0.25, -0.2) is 5.90 Å². The summed E-state index contributed by atoms with van der Waals surface area (Å²) in [6.07, 6.45) is 2.64. The molecular weight excluding hydrogens is 178 g/mol. The maximum Gasteiger partial charge on any atom is 0.119 e. The largest absolute Gasteiger partial charge is 0.493 e. The van der Waals surface area contributed by atoms with Gasteiger partial charge in [0.2, 0.25) is 0 Å². The minimum absolute atomic E-state index is 0.447. The van der Waals surface area contributed by atoms with Crippen molar-refractivity contribution in [2.75, 3.05) is 6.61 Å². The van der Waals surface area contributed by atoms with Crippen LogP contribution in [0, 0.1) is 5.92 Å². The lowest BCUT2D eigenvalue weighted by Crippen LogP contribution is -2.00. The molecule has 0 saturated heterocycles. The SMILES string of the molecule is NOCc1ccc(OCC2CC2)cc1. The van der Waals surface area contributed by atoms with Crippen LogP contribution in [0.3, 0.4) is 0 Å². The summed E-state index contributed by atoms with van der Waals surface area (Å²) in [7, 11) is 0. The first kappa shape index (κ1) is 9.49. The fourth-order valence-electron chi connectivity index (χ4n) is 1.28. The summed E-state index contributed by atoms with van der Waals surface area (Å²) in [4.78, 5) is 4.54. The van der Waals surface area contributed by atoms with E-state index in [1.54, 1.807) is 0 Å². The first-order valence-electron chi connectivity index (χ1n) is 4.92. The first-order chi connectivity index (χ1) is 6.88. The van der Waals surface area contributed by atoms with Gasteiger partial charge in [-0.1, -0.05) is 12.1 Å². The predicted octanol–water partition coefficient (Wildman–Crippen LogP) is 1.87. The Morgan fingerprint density at radius 1 is 1.21 bits per heavy atom. The Morgan fingerprint density at radius 3 is 2.50 bits per heavy atom. The van der Waals surface area contributed by atoms with Crippen molar-refractivity contribution in [2.24, 2.45) is 11.8 Å². The molecule has 2 rings (SSSR count). The maximum atomic E-state index is 5.59. The van der Waals surface area contributed by atoms with Crippen LogP contribution in [0.1, 0.15) is 18.4 Å². The van der Waals surface area contributed by atoms with Gasteiger partial charge in [-0.05, 0) is 36.5 Å². The maximum absolute atomic E-state index is 5.59. The highest BCUT2D eigenvalue weighted by Gasteiger charge is 2.21. The molecule has 14 heavy (non-hydrogen) atoms. The minimum Gasteiger partial charge on any atom is -0.493 e. The lowest BCUT2D eigenvalue weighted by molar-refractivity contribution is 0.124. The standard InChI is InChI=1S/C11H15NO2/c12-14-8-10-3-5-11(6-4-10)13-7-9-1-2-9/h3-6,9H,1-2,7-8,12H2. The van der Waals surface area contributed by atoms with Crippen LogP contribution in [0.5, 0.6) is 5.75 Å². The van der Waals surface area contributed by atoms with E-state index >= 15 is 0 Å². The van der Waals surface area contributed by atoms with E-state index in [-0.39, 0.29) is 0 Å². The smallest absolute Gasteiger partial charge is 0.119 e. The Kier molecular flexibility index (Phi) is 3.01. The molecule has 0 spiro atoms. The van der Waals surface area contributed by atoms with Gasteiger partial charge in [0.1, 0.15) is 5.75 Å². The molecule has 2 N–H and O–H groups in total. The van der Waals surface area contributed by atoms with Gasteiger partial charge in [0.15, 0.2) is 0 Å². The molecular formula is C11H15NO2. The molecule has 1 aromatic rings. The van der Waals surface area contributed by atoms with Crippen molar-refractivity contribution in [2.45, 2.75) is 19.4 Å². The highest BCUT2D eigenvalue weighted by Crippen LogP contribution is 2.29. The highest BCUT2D eigenvalue weighted by atomic mass is 16.6. The van der Waals surface area contributed by atoms with E-state index in [0.29, 0.717) is 6.61 Å². The molecule has 1 saturated carbocycles. The number of ether oxygens (including phenoxy) is 1. The van der Waals surface area contributed by atoms with E-state index in [0.717, 1.165) is 23.8 Å². The summed E-state index contributed by atoms with van der Waals surface area (Å²) in [6.45, 7) is 1.30. The average Bonchev–Trinajstić information content (AvgIpc) is 3.01. The van der Waals surface area contributed by atoms with Crippen LogP contribution in [0.4, 0.5) is 0 Å². The van der Waals surface area contributed by atoms with Crippen LogP contribution < -0.4 is 10.6 Å². The van der Waals surface area contributed by atoms with Gasteiger partial charge in [0.25, 0.3) is 0 Å². The molecule has 76 valence electrons. The Morgan fingerprint density at radius 2 is 1.93 bits per heavy atom. The molecule has 1 aliphatic carbocycles. The highest BCUT2D eigenvalue weighted by molar-refractivity contribution is 5.26. The Hall–Kier alpha value is -1.06. The summed E-state index contributed by atoms with van der Waals surface area (Å²) in [5.41, 5.74) is 1.06. The van der Waals surface area contributed by atoms with Gasteiger partial charge >= 0.3 is 0 Å². The molecule has 0 radical (unpaired) electrons. The summed E-state index contributed by atoms with van der Waals surface area (Å²) in [5.74, 6) is 6.70. The Bertz CT molecular complexity index is 280. The lowest BCUT2D eigenvalue weighted by atomic mass is 10.2. The third-order valence-electron chi connectivity index (χ3n) is 2.36. The fourth-order valence-corrected chi connectivity index (χ4v) is 1.28. The molecule has 0 bridgehead atoms. The molecule has 1 aliphatic rings. The monoisotopic (exact) mass is 193 g/mol. The molecule has 0 heterocycles. The van der Waals surface area contributed by atoms with E-state index in [9.17, 15) is 0 Å². The van der Waals surface area contributed by atoms with Gasteiger partial charge in [0.05, 0.1) is 13.2 Å². The third-order valence-corrected chi connectivity index (χ3v) is 2.36. The van der Waals surface area contributed by atoms with Gasteiger partial charge < -0.3 is 4.74 Å². The van der Waals surface area contributed by atoms with E-state index in [1.807, 2.05) is 24.3 Å². The van der Waals surface area contributed by atoms with Crippen LogP contribution in [0.15, 0.2) is 24.3 Å². The molecule has 0 amide bonds. The number of hydrogen-bond acceptors (Lipinski definition) is 3. The lowest BCUT2D eigenvalue weighted by Gasteiger charge is -2.05. The van der Waals surface area contributed by atoms with Crippen molar-refractivity contribution in [3.8, 4) is 5.75 Å². The van der Waals surface area contributed by atoms with Crippen molar-refractivity contribution in [1.29, 1.82) is 0 Å². The van der Waals surface area contributed by atoms with E-state index < -0.39 is 0 Å². The topological polar surface area (TPSA) is 44.5 Å². The van der Waals surface area contributed by atoms with Crippen molar-refractivity contribution in [3.63, 3.8) is 0 Å². The van der Waals surface area contributed by atoms with E-state index in [4.69, 9.17) is 10.6 Å². The molecule has 0 unspecified atom stereocenters. The quantitative estimate of drug-likeness (QED) is 0.726.